The highest BCUT2D eigenvalue weighted by Gasteiger charge is 2.34. The Labute approximate surface area is 124 Å². The molecule has 0 bridgehead atoms. The second kappa shape index (κ2) is 8.93. The Morgan fingerprint density at radius 1 is 1.05 bits per heavy atom. The molecule has 0 fully saturated rings. The predicted octanol–water partition coefficient (Wildman–Crippen LogP) is 4.90. The Balaban J connectivity index is 2.51. The van der Waals surface area contributed by atoms with Crippen LogP contribution >= 0.6 is 0 Å². The molecular weight excluding hydrogens is 279 g/mol. The van der Waals surface area contributed by atoms with Gasteiger partial charge in [-0.05, 0) is 24.1 Å². The molecule has 5 heteroatoms. The summed E-state index contributed by atoms with van der Waals surface area (Å²) < 4.78 is 44.2. The molecule has 0 atom stereocenters. The first-order valence-electron chi connectivity index (χ1n) is 7.52. The number of halogens is 3. The molecule has 0 aliphatic heterocycles. The number of hydrogen-bond acceptors (Lipinski definition) is 2. The molecule has 1 rings (SSSR count). The van der Waals surface area contributed by atoms with Crippen LogP contribution in [-0.2, 0) is 12.7 Å². The summed E-state index contributed by atoms with van der Waals surface area (Å²) in [6.45, 7) is 2.55. The van der Waals surface area contributed by atoms with Gasteiger partial charge in [-0.3, -0.25) is 0 Å². The Kier molecular flexibility index (Phi) is 7.57. The van der Waals surface area contributed by atoms with Gasteiger partial charge in [-0.15, -0.1) is 0 Å². The molecule has 2 nitrogen and oxygen atoms in total. The van der Waals surface area contributed by atoms with E-state index >= 15 is 0 Å². The zero-order valence-corrected chi connectivity index (χ0v) is 12.5. The van der Waals surface area contributed by atoms with Gasteiger partial charge < -0.3 is 10.5 Å². The average molecular weight is 303 g/mol. The second-order valence-electron chi connectivity index (χ2n) is 5.15. The number of unbranched alkanes of at least 4 members (excludes halogenated alkanes) is 5. The molecule has 0 radical (unpaired) electrons. The van der Waals surface area contributed by atoms with Crippen LogP contribution < -0.4 is 10.5 Å². The molecular formula is C16H24F3NO. The van der Waals surface area contributed by atoms with Gasteiger partial charge in [-0.25, -0.2) is 0 Å². The maximum atomic E-state index is 13.0. The Hall–Kier alpha value is -1.23. The van der Waals surface area contributed by atoms with Crippen molar-refractivity contribution in [3.63, 3.8) is 0 Å². The van der Waals surface area contributed by atoms with Gasteiger partial charge in [0.05, 0.1) is 12.2 Å². The van der Waals surface area contributed by atoms with E-state index in [1.165, 1.54) is 25.3 Å². The normalized spacial score (nSPS) is 11.7. The van der Waals surface area contributed by atoms with Gasteiger partial charge >= 0.3 is 6.18 Å². The molecule has 0 aliphatic rings. The van der Waals surface area contributed by atoms with E-state index in [0.29, 0.717) is 12.2 Å². The number of hydrogen-bond donors (Lipinski definition) is 1. The summed E-state index contributed by atoms with van der Waals surface area (Å²) in [6, 6.07) is 4.00. The smallest absolute Gasteiger partial charge is 0.419 e. The number of rotatable bonds is 9. The van der Waals surface area contributed by atoms with Crippen LogP contribution in [0.3, 0.4) is 0 Å². The third-order valence-corrected chi connectivity index (χ3v) is 3.34. The highest BCUT2D eigenvalue weighted by Crippen LogP contribution is 2.36. The highest BCUT2D eigenvalue weighted by atomic mass is 19.4. The summed E-state index contributed by atoms with van der Waals surface area (Å²) >= 11 is 0. The molecule has 0 unspecified atom stereocenters. The van der Waals surface area contributed by atoms with E-state index in [2.05, 4.69) is 6.92 Å². The summed E-state index contributed by atoms with van der Waals surface area (Å²) in [5, 5.41) is 0. The van der Waals surface area contributed by atoms with E-state index in [0.717, 1.165) is 25.3 Å². The molecule has 2 N–H and O–H groups in total. The third-order valence-electron chi connectivity index (χ3n) is 3.34. The van der Waals surface area contributed by atoms with Crippen molar-refractivity contribution < 1.29 is 17.9 Å². The molecule has 0 amide bonds. The number of alkyl halides is 3. The van der Waals surface area contributed by atoms with Crippen molar-refractivity contribution in [1.29, 1.82) is 0 Å². The monoisotopic (exact) mass is 303 g/mol. The Morgan fingerprint density at radius 2 is 1.71 bits per heavy atom. The molecule has 0 saturated carbocycles. The minimum atomic E-state index is -4.42. The number of ether oxygens (including phenoxy) is 1. The van der Waals surface area contributed by atoms with E-state index in [1.54, 1.807) is 6.07 Å². The SMILES string of the molecule is CCCCCCCCOc1ccc(CN)cc1C(F)(F)F. The fourth-order valence-electron chi connectivity index (χ4n) is 2.12. The highest BCUT2D eigenvalue weighted by molar-refractivity contribution is 5.39. The van der Waals surface area contributed by atoms with Crippen molar-refractivity contribution in [2.75, 3.05) is 6.61 Å². The molecule has 120 valence electrons. The largest absolute Gasteiger partial charge is 0.493 e. The fraction of sp³-hybridized carbons (Fsp3) is 0.625. The van der Waals surface area contributed by atoms with Crippen molar-refractivity contribution in [2.45, 2.75) is 58.2 Å². The maximum absolute atomic E-state index is 13.0. The summed E-state index contributed by atoms with van der Waals surface area (Å²) in [7, 11) is 0. The second-order valence-corrected chi connectivity index (χ2v) is 5.15. The number of benzene rings is 1. The summed E-state index contributed by atoms with van der Waals surface area (Å²) in [5.74, 6) is -0.103. The molecule has 21 heavy (non-hydrogen) atoms. The van der Waals surface area contributed by atoms with E-state index < -0.39 is 11.7 Å². The lowest BCUT2D eigenvalue weighted by Gasteiger charge is -2.15. The molecule has 0 saturated heterocycles. The van der Waals surface area contributed by atoms with Gasteiger partial charge in [-0.2, -0.15) is 13.2 Å². The minimum Gasteiger partial charge on any atom is -0.493 e. The van der Waals surface area contributed by atoms with Gasteiger partial charge in [0.15, 0.2) is 0 Å². The van der Waals surface area contributed by atoms with Gasteiger partial charge in [0, 0.05) is 6.54 Å². The predicted molar refractivity (Wildman–Crippen MR) is 78.2 cm³/mol. The zero-order valence-electron chi connectivity index (χ0n) is 12.5. The van der Waals surface area contributed by atoms with E-state index in [1.807, 2.05) is 0 Å². The molecule has 0 aliphatic carbocycles. The third kappa shape index (κ3) is 6.38. The van der Waals surface area contributed by atoms with Gasteiger partial charge in [0.25, 0.3) is 0 Å². The Morgan fingerprint density at radius 3 is 2.33 bits per heavy atom. The molecule has 1 aromatic carbocycles. The van der Waals surface area contributed by atoms with Crippen LogP contribution in [0.4, 0.5) is 13.2 Å². The van der Waals surface area contributed by atoms with Crippen molar-refractivity contribution in [2.24, 2.45) is 5.73 Å². The molecule has 0 aromatic heterocycles. The van der Waals surface area contributed by atoms with Gasteiger partial charge in [0.1, 0.15) is 5.75 Å². The first-order valence-corrected chi connectivity index (χ1v) is 7.52. The molecule has 0 heterocycles. The standard InChI is InChI=1S/C16H24F3NO/c1-2-3-4-5-6-7-10-21-15-9-8-13(12-20)11-14(15)16(17,18)19/h8-9,11H,2-7,10,12,20H2,1H3. The van der Waals surface area contributed by atoms with E-state index in [9.17, 15) is 13.2 Å². The van der Waals surface area contributed by atoms with Crippen LogP contribution in [0.15, 0.2) is 18.2 Å². The summed E-state index contributed by atoms with van der Waals surface area (Å²) in [6.07, 6.45) is 2.02. The van der Waals surface area contributed by atoms with Crippen molar-refractivity contribution in [3.05, 3.63) is 29.3 Å². The molecule has 0 spiro atoms. The summed E-state index contributed by atoms with van der Waals surface area (Å²) in [4.78, 5) is 0. The van der Waals surface area contributed by atoms with E-state index in [4.69, 9.17) is 10.5 Å². The Bertz CT molecular complexity index is 418. The average Bonchev–Trinajstić information content (AvgIpc) is 2.45. The van der Waals surface area contributed by atoms with Gasteiger partial charge in [-0.1, -0.05) is 45.1 Å². The first-order chi connectivity index (χ1) is 9.99. The van der Waals surface area contributed by atoms with E-state index in [-0.39, 0.29) is 12.3 Å². The lowest BCUT2D eigenvalue weighted by molar-refractivity contribution is -0.139. The van der Waals surface area contributed by atoms with Crippen LogP contribution in [0.1, 0.15) is 56.6 Å². The topological polar surface area (TPSA) is 35.2 Å². The number of nitrogens with two attached hydrogens (primary N) is 1. The minimum absolute atomic E-state index is 0.0841. The lowest BCUT2D eigenvalue weighted by atomic mass is 10.1. The quantitative estimate of drug-likeness (QED) is 0.658. The van der Waals surface area contributed by atoms with Crippen LogP contribution in [0.25, 0.3) is 0 Å². The van der Waals surface area contributed by atoms with Crippen LogP contribution in [-0.4, -0.2) is 6.61 Å². The molecule has 1 aromatic rings. The van der Waals surface area contributed by atoms with Crippen LogP contribution in [0.2, 0.25) is 0 Å². The van der Waals surface area contributed by atoms with Crippen molar-refractivity contribution in [1.82, 2.24) is 0 Å². The summed E-state index contributed by atoms with van der Waals surface area (Å²) in [5.41, 5.74) is 5.10. The lowest BCUT2D eigenvalue weighted by Crippen LogP contribution is -2.11. The maximum Gasteiger partial charge on any atom is 0.419 e. The van der Waals surface area contributed by atoms with Crippen molar-refractivity contribution in [3.8, 4) is 5.75 Å². The first kappa shape index (κ1) is 17.8. The zero-order chi connectivity index (χ0) is 15.7. The van der Waals surface area contributed by atoms with Crippen LogP contribution in [0.5, 0.6) is 5.75 Å². The van der Waals surface area contributed by atoms with Crippen molar-refractivity contribution >= 4 is 0 Å². The fourth-order valence-corrected chi connectivity index (χ4v) is 2.12. The van der Waals surface area contributed by atoms with Crippen LogP contribution in [0, 0.1) is 0 Å². The van der Waals surface area contributed by atoms with Gasteiger partial charge in [0.2, 0.25) is 0 Å².